The zero-order valence-corrected chi connectivity index (χ0v) is 21.8. The highest BCUT2D eigenvalue weighted by Crippen LogP contribution is 2.34. The highest BCUT2D eigenvalue weighted by Gasteiger charge is 2.40. The van der Waals surface area contributed by atoms with E-state index in [1.54, 1.807) is 6.92 Å². The number of esters is 1. The van der Waals surface area contributed by atoms with Gasteiger partial charge in [-0.3, -0.25) is 14.4 Å². The molecule has 5 atom stereocenters. The van der Waals surface area contributed by atoms with E-state index in [4.69, 9.17) is 14.2 Å². The van der Waals surface area contributed by atoms with Gasteiger partial charge in [-0.15, -0.1) is 0 Å². The molecule has 0 aromatic carbocycles. The molecule has 0 saturated carbocycles. The maximum atomic E-state index is 13.0. The monoisotopic (exact) mass is 458 g/mol. The van der Waals surface area contributed by atoms with Crippen LogP contribution in [0.4, 0.5) is 0 Å². The van der Waals surface area contributed by atoms with Crippen LogP contribution in [0.1, 0.15) is 82.1 Å². The van der Waals surface area contributed by atoms with Crippen molar-refractivity contribution < 1.29 is 33.7 Å². The topological polar surface area (TPSA) is 99.1 Å². The van der Waals surface area contributed by atoms with E-state index in [1.807, 2.05) is 41.5 Å². The number of ketones is 2. The number of rotatable bonds is 16. The molecule has 0 saturated heterocycles. The van der Waals surface area contributed by atoms with Crippen LogP contribution in [-0.4, -0.2) is 59.8 Å². The van der Waals surface area contributed by atoms with E-state index in [-0.39, 0.29) is 43.4 Å². The van der Waals surface area contributed by atoms with Gasteiger partial charge >= 0.3 is 5.97 Å². The molecule has 7 heteroatoms. The minimum Gasteiger partial charge on any atom is -0.462 e. The summed E-state index contributed by atoms with van der Waals surface area (Å²) in [5.41, 5.74) is -1.87. The lowest BCUT2D eigenvalue weighted by atomic mass is 9.75. The third-order valence-corrected chi connectivity index (χ3v) is 6.27. The lowest BCUT2D eigenvalue weighted by Gasteiger charge is -2.39. The molecule has 0 spiro atoms. The fraction of sp³-hybridized carbons (Fsp3) is 0.880. The van der Waals surface area contributed by atoms with Gasteiger partial charge < -0.3 is 19.3 Å². The fourth-order valence-electron chi connectivity index (χ4n) is 3.29. The number of aliphatic hydroxyl groups is 1. The number of carbonyl (C=O) groups is 3. The fourth-order valence-corrected chi connectivity index (χ4v) is 3.29. The first kappa shape index (κ1) is 30.7. The van der Waals surface area contributed by atoms with Crippen LogP contribution in [0.25, 0.3) is 0 Å². The van der Waals surface area contributed by atoms with Crippen LogP contribution in [0.3, 0.4) is 0 Å². The molecule has 0 radical (unpaired) electrons. The summed E-state index contributed by atoms with van der Waals surface area (Å²) >= 11 is 0. The van der Waals surface area contributed by atoms with Crippen LogP contribution in [-0.2, 0) is 28.6 Å². The zero-order chi connectivity index (χ0) is 25.3. The van der Waals surface area contributed by atoms with Gasteiger partial charge in [-0.05, 0) is 52.9 Å². The Morgan fingerprint density at radius 2 is 1.50 bits per heavy atom. The van der Waals surface area contributed by atoms with Crippen molar-refractivity contribution in [3.8, 4) is 0 Å². The van der Waals surface area contributed by atoms with E-state index >= 15 is 0 Å². The maximum absolute atomic E-state index is 13.0. The van der Waals surface area contributed by atoms with Gasteiger partial charge in [0.1, 0.15) is 31.5 Å². The van der Waals surface area contributed by atoms with E-state index in [1.165, 1.54) is 20.8 Å². The quantitative estimate of drug-likeness (QED) is 0.276. The molecule has 2 unspecified atom stereocenters. The molecule has 7 nitrogen and oxygen atoms in total. The van der Waals surface area contributed by atoms with E-state index in [2.05, 4.69) is 0 Å². The molecule has 0 aromatic rings. The predicted molar refractivity (Wildman–Crippen MR) is 124 cm³/mol. The van der Waals surface area contributed by atoms with Crippen molar-refractivity contribution in [2.45, 2.75) is 99.4 Å². The molecule has 0 aromatic heterocycles. The van der Waals surface area contributed by atoms with Crippen LogP contribution in [0.5, 0.6) is 0 Å². The van der Waals surface area contributed by atoms with E-state index in [9.17, 15) is 19.5 Å². The average molecular weight is 459 g/mol. The lowest BCUT2D eigenvalue weighted by molar-refractivity contribution is -0.159. The van der Waals surface area contributed by atoms with Crippen molar-refractivity contribution in [1.29, 1.82) is 0 Å². The Morgan fingerprint density at radius 1 is 0.938 bits per heavy atom. The van der Waals surface area contributed by atoms with Gasteiger partial charge in [0, 0.05) is 5.92 Å². The Balaban J connectivity index is 5.08. The lowest BCUT2D eigenvalue weighted by Crippen LogP contribution is -2.45. The van der Waals surface area contributed by atoms with E-state index in [0.717, 1.165) is 6.42 Å². The second-order valence-corrected chi connectivity index (χ2v) is 10.3. The molecule has 32 heavy (non-hydrogen) atoms. The van der Waals surface area contributed by atoms with Crippen molar-refractivity contribution in [3.05, 3.63) is 0 Å². The third-order valence-electron chi connectivity index (χ3n) is 6.27. The number of hydrogen-bond donors (Lipinski definition) is 1. The molecular weight excluding hydrogens is 412 g/mol. The minimum absolute atomic E-state index is 0.00546. The standard InChI is InChI=1S/C25H46O7/c1-11-12-25(10,32-14-21(26)13-30-20(7)16(2)3)19(6)17(4)22(27)18(5)23(28)31-15-24(8,9)29/h16-20,29H,11-15H2,1-10H3/t17-,18?,19-,20?,25-/m1/s1. The Kier molecular flexibility index (Phi) is 12.9. The number of carbonyl (C=O) groups excluding carboxylic acids is 3. The maximum Gasteiger partial charge on any atom is 0.316 e. The summed E-state index contributed by atoms with van der Waals surface area (Å²) in [4.78, 5) is 37.6. The number of ether oxygens (including phenoxy) is 3. The Labute approximate surface area is 194 Å². The molecule has 1 N–H and O–H groups in total. The van der Waals surface area contributed by atoms with Crippen molar-refractivity contribution in [1.82, 2.24) is 0 Å². The van der Waals surface area contributed by atoms with Crippen LogP contribution in [0.15, 0.2) is 0 Å². The SMILES string of the molecule is CCC[C@@](C)(OCC(=O)COC(C)C(C)C)[C@H](C)[C@@H](C)C(=O)C(C)C(=O)OCC(C)(C)O. The average Bonchev–Trinajstić information content (AvgIpc) is 2.71. The number of hydrogen-bond acceptors (Lipinski definition) is 7. The summed E-state index contributed by atoms with van der Waals surface area (Å²) in [5, 5.41) is 9.73. The second-order valence-electron chi connectivity index (χ2n) is 10.3. The Morgan fingerprint density at radius 3 is 1.97 bits per heavy atom. The second kappa shape index (κ2) is 13.4. The van der Waals surface area contributed by atoms with Gasteiger partial charge in [-0.2, -0.15) is 0 Å². The normalized spacial score (nSPS) is 17.9. The van der Waals surface area contributed by atoms with Gasteiger partial charge in [0.2, 0.25) is 0 Å². The Hall–Kier alpha value is -1.31. The van der Waals surface area contributed by atoms with E-state index < -0.39 is 29.0 Å². The van der Waals surface area contributed by atoms with Crippen molar-refractivity contribution >= 4 is 17.5 Å². The molecular formula is C25H46O7. The smallest absolute Gasteiger partial charge is 0.316 e. The first-order valence-electron chi connectivity index (χ1n) is 11.8. The van der Waals surface area contributed by atoms with Crippen LogP contribution >= 0.6 is 0 Å². The summed E-state index contributed by atoms with van der Waals surface area (Å²) in [6.07, 6.45) is 1.47. The summed E-state index contributed by atoms with van der Waals surface area (Å²) in [5.74, 6) is -2.39. The van der Waals surface area contributed by atoms with Gasteiger partial charge in [-0.1, -0.05) is 41.0 Å². The van der Waals surface area contributed by atoms with Crippen molar-refractivity contribution in [2.75, 3.05) is 19.8 Å². The Bertz CT molecular complexity index is 608. The van der Waals surface area contributed by atoms with Gasteiger partial charge in [0.25, 0.3) is 0 Å². The third kappa shape index (κ3) is 10.5. The van der Waals surface area contributed by atoms with Crippen molar-refractivity contribution in [2.24, 2.45) is 23.7 Å². The van der Waals surface area contributed by atoms with Gasteiger partial charge in [0.05, 0.1) is 17.3 Å². The largest absolute Gasteiger partial charge is 0.462 e. The summed E-state index contributed by atoms with van der Waals surface area (Å²) in [6.45, 7) is 17.9. The first-order valence-corrected chi connectivity index (χ1v) is 11.8. The minimum atomic E-state index is -1.16. The van der Waals surface area contributed by atoms with Crippen molar-refractivity contribution in [3.63, 3.8) is 0 Å². The van der Waals surface area contributed by atoms with Gasteiger partial charge in [-0.25, -0.2) is 0 Å². The van der Waals surface area contributed by atoms with Crippen LogP contribution in [0, 0.1) is 23.7 Å². The number of Topliss-reactive ketones (excluding diaryl/α,β-unsaturated/α-hetero) is 2. The zero-order valence-electron chi connectivity index (χ0n) is 21.8. The molecule has 0 rings (SSSR count). The summed E-state index contributed by atoms with van der Waals surface area (Å²) in [7, 11) is 0. The predicted octanol–water partition coefficient (Wildman–Crippen LogP) is 3.98. The molecule has 0 aliphatic carbocycles. The van der Waals surface area contributed by atoms with Crippen LogP contribution in [0.2, 0.25) is 0 Å². The molecule has 0 heterocycles. The summed E-state index contributed by atoms with van der Waals surface area (Å²) < 4.78 is 16.7. The van der Waals surface area contributed by atoms with Crippen LogP contribution < -0.4 is 0 Å². The highest BCUT2D eigenvalue weighted by molar-refractivity contribution is 5.99. The molecule has 0 aliphatic rings. The van der Waals surface area contributed by atoms with Gasteiger partial charge in [0.15, 0.2) is 5.78 Å². The van der Waals surface area contributed by atoms with E-state index in [0.29, 0.717) is 12.3 Å². The molecule has 0 amide bonds. The molecule has 0 aliphatic heterocycles. The summed E-state index contributed by atoms with van der Waals surface area (Å²) in [6, 6.07) is 0. The molecule has 188 valence electrons. The highest BCUT2D eigenvalue weighted by atomic mass is 16.5. The molecule has 0 fully saturated rings. The first-order chi connectivity index (χ1) is 14.6. The molecule has 0 bridgehead atoms.